The molecule has 0 radical (unpaired) electrons. The maximum absolute atomic E-state index is 9.12. The molecule has 0 aromatic heterocycles. The number of ether oxygens (including phenoxy) is 3. The Kier molecular flexibility index (Phi) is 2.15. The lowest BCUT2D eigenvalue weighted by Gasteiger charge is -2.50. The van der Waals surface area contributed by atoms with E-state index in [1.54, 1.807) is 6.08 Å². The molecular weight excluding hydrogens is 172 g/mol. The number of fused-ring (bicyclic) bond motifs is 3. The van der Waals surface area contributed by atoms with Gasteiger partial charge in [-0.05, 0) is 0 Å². The van der Waals surface area contributed by atoms with Crippen LogP contribution in [0, 0.1) is 5.41 Å². The van der Waals surface area contributed by atoms with E-state index in [1.165, 1.54) is 0 Å². The van der Waals surface area contributed by atoms with Crippen LogP contribution in [0.3, 0.4) is 0 Å². The summed E-state index contributed by atoms with van der Waals surface area (Å²) >= 11 is 0. The van der Waals surface area contributed by atoms with Crippen molar-refractivity contribution < 1.29 is 19.3 Å². The van der Waals surface area contributed by atoms with Gasteiger partial charge in [0.2, 0.25) is 0 Å². The van der Waals surface area contributed by atoms with Crippen LogP contribution in [0.25, 0.3) is 0 Å². The molecule has 3 saturated heterocycles. The van der Waals surface area contributed by atoms with Crippen molar-refractivity contribution in [3.63, 3.8) is 0 Å². The molecule has 3 rings (SSSR count). The Hall–Kier alpha value is -0.420. The van der Waals surface area contributed by atoms with Crippen molar-refractivity contribution in [3.05, 3.63) is 12.7 Å². The van der Waals surface area contributed by atoms with E-state index in [-0.39, 0.29) is 12.0 Å². The Morgan fingerprint density at radius 1 is 1.23 bits per heavy atom. The second-order valence-corrected chi connectivity index (χ2v) is 3.70. The van der Waals surface area contributed by atoms with Crippen LogP contribution in [0.2, 0.25) is 0 Å². The van der Waals surface area contributed by atoms with Gasteiger partial charge in [-0.15, -0.1) is 6.58 Å². The molecule has 0 aromatic rings. The van der Waals surface area contributed by atoms with Crippen molar-refractivity contribution in [2.75, 3.05) is 26.4 Å². The highest BCUT2D eigenvalue weighted by Crippen LogP contribution is 2.39. The molecule has 0 aliphatic carbocycles. The molecule has 0 saturated carbocycles. The fourth-order valence-electron chi connectivity index (χ4n) is 1.53. The molecule has 3 fully saturated rings. The molecule has 0 unspecified atom stereocenters. The van der Waals surface area contributed by atoms with Gasteiger partial charge in [-0.2, -0.15) is 0 Å². The molecule has 4 heteroatoms. The lowest BCUT2D eigenvalue weighted by Crippen LogP contribution is -2.61. The number of aliphatic hydroxyl groups excluding tert-OH is 1. The summed E-state index contributed by atoms with van der Waals surface area (Å²) in [5.41, 5.74) is -0.344. The zero-order chi connectivity index (χ0) is 9.36. The predicted molar refractivity (Wildman–Crippen MR) is 44.9 cm³/mol. The summed E-state index contributed by atoms with van der Waals surface area (Å²) < 4.78 is 16.3. The van der Waals surface area contributed by atoms with E-state index in [4.69, 9.17) is 19.3 Å². The molecule has 3 heterocycles. The van der Waals surface area contributed by atoms with Crippen molar-refractivity contribution in [1.82, 2.24) is 0 Å². The van der Waals surface area contributed by atoms with E-state index >= 15 is 0 Å². The van der Waals surface area contributed by atoms with E-state index in [9.17, 15) is 0 Å². The summed E-state index contributed by atoms with van der Waals surface area (Å²) in [6.07, 6.45) is 2.23. The summed E-state index contributed by atoms with van der Waals surface area (Å²) in [4.78, 5) is 0. The fourth-order valence-corrected chi connectivity index (χ4v) is 1.53. The molecule has 0 aromatic carbocycles. The van der Waals surface area contributed by atoms with Crippen LogP contribution in [0.15, 0.2) is 12.7 Å². The van der Waals surface area contributed by atoms with E-state index in [1.807, 2.05) is 0 Å². The number of hydrogen-bond donors (Lipinski definition) is 1. The average Bonchev–Trinajstić information content (AvgIpc) is 2.21. The largest absolute Gasteiger partial charge is 0.396 e. The smallest absolute Gasteiger partial charge is 0.286 e. The molecule has 2 bridgehead atoms. The van der Waals surface area contributed by atoms with Crippen LogP contribution < -0.4 is 0 Å². The molecule has 0 spiro atoms. The molecule has 74 valence electrons. The molecule has 0 amide bonds. The lowest BCUT2D eigenvalue weighted by molar-refractivity contribution is -0.468. The molecule has 4 nitrogen and oxygen atoms in total. The molecular formula is C9H14O4. The first kappa shape index (κ1) is 9.15. The summed E-state index contributed by atoms with van der Waals surface area (Å²) in [5.74, 6) is -0.918. The maximum atomic E-state index is 9.12. The van der Waals surface area contributed by atoms with Gasteiger partial charge < -0.3 is 19.3 Å². The zero-order valence-electron chi connectivity index (χ0n) is 7.49. The summed E-state index contributed by atoms with van der Waals surface area (Å²) in [6, 6.07) is 0. The summed E-state index contributed by atoms with van der Waals surface area (Å²) in [6.45, 7) is 5.14. The molecule has 13 heavy (non-hydrogen) atoms. The van der Waals surface area contributed by atoms with Crippen molar-refractivity contribution in [2.45, 2.75) is 12.4 Å². The molecule has 3 aliphatic heterocycles. The highest BCUT2D eigenvalue weighted by atomic mass is 16.9. The van der Waals surface area contributed by atoms with Crippen molar-refractivity contribution >= 4 is 0 Å². The van der Waals surface area contributed by atoms with E-state index in [0.29, 0.717) is 26.2 Å². The summed E-state index contributed by atoms with van der Waals surface area (Å²) in [7, 11) is 0. The third kappa shape index (κ3) is 1.40. The minimum atomic E-state index is -0.918. The van der Waals surface area contributed by atoms with Crippen molar-refractivity contribution in [2.24, 2.45) is 5.41 Å². The van der Waals surface area contributed by atoms with Gasteiger partial charge in [0.1, 0.15) is 0 Å². The van der Waals surface area contributed by atoms with Crippen molar-refractivity contribution in [1.29, 1.82) is 0 Å². The third-order valence-electron chi connectivity index (χ3n) is 2.52. The first-order valence-corrected chi connectivity index (χ1v) is 4.38. The van der Waals surface area contributed by atoms with Crippen LogP contribution in [0.5, 0.6) is 0 Å². The standard InChI is InChI=1S/C9H14O4/c1-2-3-9-11-5-8(4-10,6-12-9)7-13-9/h2,10H,1,3-7H2. The Bertz CT molecular complexity index is 189. The Morgan fingerprint density at radius 3 is 2.15 bits per heavy atom. The Labute approximate surface area is 77.1 Å². The molecule has 1 N–H and O–H groups in total. The van der Waals surface area contributed by atoms with Gasteiger partial charge in [-0.3, -0.25) is 0 Å². The minimum Gasteiger partial charge on any atom is -0.396 e. The Morgan fingerprint density at radius 2 is 1.77 bits per heavy atom. The van der Waals surface area contributed by atoms with Gasteiger partial charge in [-0.25, -0.2) is 0 Å². The first-order chi connectivity index (χ1) is 6.24. The highest BCUT2D eigenvalue weighted by molar-refractivity contribution is 4.90. The fraction of sp³-hybridized carbons (Fsp3) is 0.778. The quantitative estimate of drug-likeness (QED) is 0.643. The van der Waals surface area contributed by atoms with E-state index in [0.717, 1.165) is 0 Å². The van der Waals surface area contributed by atoms with Crippen molar-refractivity contribution in [3.8, 4) is 0 Å². The average molecular weight is 186 g/mol. The van der Waals surface area contributed by atoms with Gasteiger partial charge in [0, 0.05) is 6.42 Å². The van der Waals surface area contributed by atoms with E-state index < -0.39 is 5.97 Å². The SMILES string of the molecule is C=CCC12OCC(CO)(CO1)CO2. The lowest BCUT2D eigenvalue weighted by atomic mass is 9.90. The van der Waals surface area contributed by atoms with Gasteiger partial charge in [0.25, 0.3) is 5.97 Å². The second-order valence-electron chi connectivity index (χ2n) is 3.70. The molecule has 0 atom stereocenters. The van der Waals surface area contributed by atoms with Crippen LogP contribution in [0.1, 0.15) is 6.42 Å². The Balaban J connectivity index is 2.06. The van der Waals surface area contributed by atoms with E-state index in [2.05, 4.69) is 6.58 Å². The number of rotatable bonds is 3. The van der Waals surface area contributed by atoms with Crippen LogP contribution in [-0.4, -0.2) is 37.5 Å². The third-order valence-corrected chi connectivity index (χ3v) is 2.52. The number of hydrogen-bond acceptors (Lipinski definition) is 4. The normalized spacial score (nSPS) is 43.5. The predicted octanol–water partition coefficient (Wildman–Crippen LogP) is 0.272. The van der Waals surface area contributed by atoms with Gasteiger partial charge in [0.05, 0.1) is 31.8 Å². The maximum Gasteiger partial charge on any atom is 0.286 e. The first-order valence-electron chi connectivity index (χ1n) is 4.38. The van der Waals surface area contributed by atoms with Gasteiger partial charge >= 0.3 is 0 Å². The number of aliphatic hydroxyl groups is 1. The molecule has 3 aliphatic rings. The van der Waals surface area contributed by atoms with Crippen LogP contribution in [0.4, 0.5) is 0 Å². The zero-order valence-corrected chi connectivity index (χ0v) is 7.49. The monoisotopic (exact) mass is 186 g/mol. The van der Waals surface area contributed by atoms with Crippen LogP contribution >= 0.6 is 0 Å². The minimum absolute atomic E-state index is 0.0389. The second kappa shape index (κ2) is 3.06. The highest BCUT2D eigenvalue weighted by Gasteiger charge is 2.51. The van der Waals surface area contributed by atoms with Gasteiger partial charge in [-0.1, -0.05) is 6.08 Å². The summed E-state index contributed by atoms with van der Waals surface area (Å²) in [5, 5.41) is 9.12. The van der Waals surface area contributed by atoms with Crippen LogP contribution in [-0.2, 0) is 14.2 Å². The topological polar surface area (TPSA) is 47.9 Å². The van der Waals surface area contributed by atoms with Gasteiger partial charge in [0.15, 0.2) is 0 Å².